The molecule has 19 heavy (non-hydrogen) atoms. The van der Waals surface area contributed by atoms with Crippen molar-refractivity contribution in [3.63, 3.8) is 0 Å². The first kappa shape index (κ1) is 12.8. The number of aromatic amines is 1. The van der Waals surface area contributed by atoms with Gasteiger partial charge in [-0.2, -0.15) is 0 Å². The van der Waals surface area contributed by atoms with Gasteiger partial charge >= 0.3 is 11.7 Å². The number of fused-ring (bicyclic) bond motifs is 1. The fourth-order valence-electron chi connectivity index (χ4n) is 1.75. The fraction of sp³-hybridized carbons (Fsp3) is 0.154. The first-order valence-electron chi connectivity index (χ1n) is 5.72. The van der Waals surface area contributed by atoms with Crippen LogP contribution in [0.5, 0.6) is 0 Å². The molecule has 0 amide bonds. The number of para-hydroxylation sites is 1. The molecule has 0 aliphatic heterocycles. The monoisotopic (exact) mass is 260 g/mol. The van der Waals surface area contributed by atoms with Crippen molar-refractivity contribution in [2.24, 2.45) is 0 Å². The number of nitrogens with zero attached hydrogens (tertiary/aromatic N) is 1. The van der Waals surface area contributed by atoms with Gasteiger partial charge in [0.2, 0.25) is 0 Å². The second-order valence-electron chi connectivity index (χ2n) is 3.80. The predicted octanol–water partition coefficient (Wildman–Crippen LogP) is 2.35. The number of hydrogen-bond donors (Lipinski definition) is 1. The van der Waals surface area contributed by atoms with Crippen LogP contribution < -0.4 is 0 Å². The van der Waals surface area contributed by atoms with Gasteiger partial charge in [-0.3, -0.25) is 10.1 Å². The van der Waals surface area contributed by atoms with E-state index in [4.69, 9.17) is 0 Å². The number of nitrogens with one attached hydrogen (secondary N) is 1. The van der Waals surface area contributed by atoms with Crippen LogP contribution in [0.1, 0.15) is 12.5 Å². The summed E-state index contributed by atoms with van der Waals surface area (Å²) in [7, 11) is 0. The van der Waals surface area contributed by atoms with Crippen LogP contribution in [0.25, 0.3) is 17.0 Å². The van der Waals surface area contributed by atoms with Gasteiger partial charge in [0.1, 0.15) is 0 Å². The number of benzene rings is 1. The van der Waals surface area contributed by atoms with Crippen LogP contribution in [0.15, 0.2) is 36.2 Å². The number of rotatable bonds is 4. The Balaban J connectivity index is 2.46. The zero-order valence-corrected chi connectivity index (χ0v) is 10.3. The number of hydrogen-bond acceptors (Lipinski definition) is 4. The van der Waals surface area contributed by atoms with Crippen molar-refractivity contribution >= 4 is 22.9 Å². The van der Waals surface area contributed by atoms with Crippen LogP contribution in [-0.2, 0) is 9.53 Å². The first-order chi connectivity index (χ1) is 9.13. The zero-order chi connectivity index (χ0) is 13.8. The van der Waals surface area contributed by atoms with Gasteiger partial charge in [0.15, 0.2) is 0 Å². The van der Waals surface area contributed by atoms with Crippen molar-refractivity contribution in [1.29, 1.82) is 0 Å². The molecule has 0 aliphatic rings. The maximum Gasteiger partial charge on any atom is 0.409 e. The van der Waals surface area contributed by atoms with Crippen molar-refractivity contribution in [1.82, 2.24) is 4.98 Å². The Morgan fingerprint density at radius 1 is 1.47 bits per heavy atom. The Kier molecular flexibility index (Phi) is 3.61. The van der Waals surface area contributed by atoms with Gasteiger partial charge in [0, 0.05) is 28.7 Å². The first-order valence-corrected chi connectivity index (χ1v) is 5.72. The second kappa shape index (κ2) is 5.34. The minimum Gasteiger partial charge on any atom is -0.458 e. The van der Waals surface area contributed by atoms with Crippen LogP contribution in [0.2, 0.25) is 0 Å². The van der Waals surface area contributed by atoms with E-state index in [-0.39, 0.29) is 6.61 Å². The number of ether oxygens (including phenoxy) is 1. The lowest BCUT2D eigenvalue weighted by Crippen LogP contribution is -2.14. The smallest absolute Gasteiger partial charge is 0.409 e. The molecule has 0 saturated carbocycles. The summed E-state index contributed by atoms with van der Waals surface area (Å²) in [5, 5.41) is 11.7. The van der Waals surface area contributed by atoms with Crippen molar-refractivity contribution < 1.29 is 14.5 Å². The van der Waals surface area contributed by atoms with Crippen LogP contribution >= 0.6 is 0 Å². The van der Waals surface area contributed by atoms with Gasteiger partial charge in [-0.1, -0.05) is 18.2 Å². The quantitative estimate of drug-likeness (QED) is 0.395. The van der Waals surface area contributed by atoms with E-state index < -0.39 is 16.6 Å². The Morgan fingerprint density at radius 2 is 2.21 bits per heavy atom. The fourth-order valence-corrected chi connectivity index (χ4v) is 1.75. The van der Waals surface area contributed by atoms with Crippen molar-refractivity contribution in [3.05, 3.63) is 51.8 Å². The van der Waals surface area contributed by atoms with Crippen molar-refractivity contribution in [2.75, 3.05) is 6.61 Å². The third kappa shape index (κ3) is 2.62. The van der Waals surface area contributed by atoms with Crippen LogP contribution in [-0.4, -0.2) is 22.5 Å². The van der Waals surface area contributed by atoms with E-state index in [0.717, 1.165) is 10.9 Å². The second-order valence-corrected chi connectivity index (χ2v) is 3.80. The maximum absolute atomic E-state index is 11.5. The third-order valence-electron chi connectivity index (χ3n) is 2.59. The molecular weight excluding hydrogens is 248 g/mol. The van der Waals surface area contributed by atoms with E-state index in [9.17, 15) is 14.9 Å². The largest absolute Gasteiger partial charge is 0.458 e. The molecule has 0 saturated heterocycles. The normalized spacial score (nSPS) is 11.5. The highest BCUT2D eigenvalue weighted by molar-refractivity contribution is 5.96. The molecule has 0 bridgehead atoms. The van der Waals surface area contributed by atoms with Gasteiger partial charge in [0.05, 0.1) is 11.5 Å². The molecule has 0 unspecified atom stereocenters. The average molecular weight is 260 g/mol. The molecule has 98 valence electrons. The summed E-state index contributed by atoms with van der Waals surface area (Å²) in [6.45, 7) is 1.69. The molecule has 1 aromatic carbocycles. The molecule has 0 radical (unpaired) electrons. The molecule has 1 N–H and O–H groups in total. The average Bonchev–Trinajstić information content (AvgIpc) is 2.79. The van der Waals surface area contributed by atoms with E-state index in [2.05, 4.69) is 9.72 Å². The zero-order valence-electron chi connectivity index (χ0n) is 10.3. The van der Waals surface area contributed by atoms with Gasteiger partial charge in [-0.05, 0) is 13.0 Å². The molecule has 2 aromatic rings. The third-order valence-corrected chi connectivity index (χ3v) is 2.59. The molecule has 0 aliphatic carbocycles. The Labute approximate surface area is 108 Å². The maximum atomic E-state index is 11.5. The van der Waals surface area contributed by atoms with E-state index in [1.807, 2.05) is 24.3 Å². The molecule has 1 heterocycles. The lowest BCUT2D eigenvalue weighted by Gasteiger charge is -1.98. The lowest BCUT2D eigenvalue weighted by molar-refractivity contribution is -0.419. The van der Waals surface area contributed by atoms with E-state index in [1.54, 1.807) is 13.1 Å². The topological polar surface area (TPSA) is 85.2 Å². The molecule has 0 fully saturated rings. The highest BCUT2D eigenvalue weighted by atomic mass is 16.6. The number of esters is 1. The van der Waals surface area contributed by atoms with E-state index in [1.165, 1.54) is 6.08 Å². The SMILES string of the molecule is CCOC(=O)C(=Cc1c[nH]c2ccccc12)[N+](=O)[O-]. The highest BCUT2D eigenvalue weighted by Crippen LogP contribution is 2.20. The number of aromatic nitrogens is 1. The van der Waals surface area contributed by atoms with E-state index in [0.29, 0.717) is 5.56 Å². The predicted molar refractivity (Wildman–Crippen MR) is 69.9 cm³/mol. The molecule has 0 spiro atoms. The molecule has 2 rings (SSSR count). The number of carbonyl (C=O) groups excluding carboxylic acids is 1. The van der Waals surface area contributed by atoms with Gasteiger partial charge in [0.25, 0.3) is 0 Å². The Bertz CT molecular complexity index is 657. The molecule has 6 nitrogen and oxygen atoms in total. The number of carbonyl (C=O) groups is 1. The van der Waals surface area contributed by atoms with Gasteiger partial charge < -0.3 is 9.72 Å². The summed E-state index contributed by atoms with van der Waals surface area (Å²) in [6.07, 6.45) is 2.84. The molecular formula is C13H12N2O4. The number of H-pyrrole nitrogens is 1. The highest BCUT2D eigenvalue weighted by Gasteiger charge is 2.23. The van der Waals surface area contributed by atoms with Gasteiger partial charge in [-0.25, -0.2) is 4.79 Å². The van der Waals surface area contributed by atoms with E-state index >= 15 is 0 Å². The van der Waals surface area contributed by atoms with Crippen molar-refractivity contribution in [3.8, 4) is 0 Å². The summed E-state index contributed by atoms with van der Waals surface area (Å²) in [5.41, 5.74) is 0.849. The Morgan fingerprint density at radius 3 is 2.89 bits per heavy atom. The minimum absolute atomic E-state index is 0.0951. The standard InChI is InChI=1S/C13H12N2O4/c1-2-19-13(16)12(15(17)18)7-9-8-14-11-6-4-3-5-10(9)11/h3-8,14H,2H2,1H3. The summed E-state index contributed by atoms with van der Waals surface area (Å²) < 4.78 is 4.67. The lowest BCUT2D eigenvalue weighted by atomic mass is 10.1. The summed E-state index contributed by atoms with van der Waals surface area (Å²) in [5.74, 6) is -0.933. The molecule has 6 heteroatoms. The summed E-state index contributed by atoms with van der Waals surface area (Å²) in [6, 6.07) is 7.35. The van der Waals surface area contributed by atoms with Crippen LogP contribution in [0.3, 0.4) is 0 Å². The Hall–Kier alpha value is -2.63. The molecule has 1 aromatic heterocycles. The number of nitro groups is 1. The van der Waals surface area contributed by atoms with Crippen molar-refractivity contribution in [2.45, 2.75) is 6.92 Å². The molecule has 0 atom stereocenters. The van der Waals surface area contributed by atoms with Crippen LogP contribution in [0, 0.1) is 10.1 Å². The van der Waals surface area contributed by atoms with Gasteiger partial charge in [-0.15, -0.1) is 0 Å². The minimum atomic E-state index is -0.933. The van der Waals surface area contributed by atoms with Crippen LogP contribution in [0.4, 0.5) is 0 Å². The summed E-state index contributed by atoms with van der Waals surface area (Å²) in [4.78, 5) is 24.7. The summed E-state index contributed by atoms with van der Waals surface area (Å²) >= 11 is 0.